The normalized spacial score (nSPS) is 11.1. The molecule has 0 bridgehead atoms. The van der Waals surface area contributed by atoms with Gasteiger partial charge in [-0.15, -0.1) is 0 Å². The minimum Gasteiger partial charge on any atom is -0.481 e. The Labute approximate surface area is 183 Å². The van der Waals surface area contributed by atoms with Crippen LogP contribution >= 0.6 is 11.8 Å². The second kappa shape index (κ2) is 22.0. The number of esters is 1. The molecule has 0 aromatic rings. The summed E-state index contributed by atoms with van der Waals surface area (Å²) in [5, 5.41) is 8.56. The molecule has 172 valence electrons. The molecule has 0 heterocycles. The number of ether oxygens (including phenoxy) is 1. The van der Waals surface area contributed by atoms with Crippen molar-refractivity contribution in [1.82, 2.24) is 0 Å². The summed E-state index contributed by atoms with van der Waals surface area (Å²) in [4.78, 5) is 22.1. The fourth-order valence-corrected chi connectivity index (χ4v) is 4.23. The van der Waals surface area contributed by atoms with E-state index in [-0.39, 0.29) is 12.4 Å². The van der Waals surface area contributed by atoms with Crippen LogP contribution in [0.15, 0.2) is 0 Å². The van der Waals surface area contributed by atoms with Crippen molar-refractivity contribution in [2.45, 2.75) is 117 Å². The molecule has 0 amide bonds. The zero-order valence-electron chi connectivity index (χ0n) is 19.1. The van der Waals surface area contributed by atoms with Gasteiger partial charge in [-0.1, -0.05) is 71.6 Å². The highest BCUT2D eigenvalue weighted by Crippen LogP contribution is 2.13. The van der Waals surface area contributed by atoms with E-state index in [1.54, 1.807) is 0 Å². The standard InChI is InChI=1S/C24H46O4S/c1-22(2)16-10-8-6-4-3-5-7-9-13-19-28-24(27)18-12-15-21-29-20-14-11-17-23(25)26/h22H,3-21H2,1-2H3,(H,25,26). The summed E-state index contributed by atoms with van der Waals surface area (Å²) in [7, 11) is 0. The van der Waals surface area contributed by atoms with Gasteiger partial charge in [-0.2, -0.15) is 11.8 Å². The molecule has 0 saturated heterocycles. The average Bonchev–Trinajstić information content (AvgIpc) is 2.67. The minimum atomic E-state index is -0.712. The molecule has 0 aliphatic heterocycles. The van der Waals surface area contributed by atoms with E-state index in [1.165, 1.54) is 57.8 Å². The van der Waals surface area contributed by atoms with Crippen LogP contribution < -0.4 is 0 Å². The summed E-state index contributed by atoms with van der Waals surface area (Å²) in [6.45, 7) is 5.18. The molecule has 0 radical (unpaired) electrons. The number of carboxylic acid groups (broad SMARTS) is 1. The Kier molecular flexibility index (Phi) is 21.4. The van der Waals surface area contributed by atoms with E-state index in [2.05, 4.69) is 13.8 Å². The molecule has 0 aromatic carbocycles. The van der Waals surface area contributed by atoms with Gasteiger partial charge >= 0.3 is 11.9 Å². The van der Waals surface area contributed by atoms with Crippen molar-refractivity contribution in [1.29, 1.82) is 0 Å². The number of hydrogen-bond acceptors (Lipinski definition) is 4. The van der Waals surface area contributed by atoms with Crippen molar-refractivity contribution in [3.05, 3.63) is 0 Å². The maximum absolute atomic E-state index is 11.7. The molecule has 29 heavy (non-hydrogen) atoms. The highest BCUT2D eigenvalue weighted by atomic mass is 32.2. The number of aliphatic carboxylic acids is 1. The van der Waals surface area contributed by atoms with Gasteiger partial charge in [0.05, 0.1) is 6.61 Å². The number of carbonyl (C=O) groups is 2. The first-order valence-corrected chi connectivity index (χ1v) is 13.1. The number of thioether (sulfide) groups is 1. The molecule has 1 N–H and O–H groups in total. The van der Waals surface area contributed by atoms with Crippen LogP contribution in [0.25, 0.3) is 0 Å². The number of hydrogen-bond donors (Lipinski definition) is 1. The Morgan fingerprint density at radius 3 is 1.79 bits per heavy atom. The lowest BCUT2D eigenvalue weighted by atomic mass is 10.0. The van der Waals surface area contributed by atoms with E-state index >= 15 is 0 Å². The van der Waals surface area contributed by atoms with E-state index in [0.29, 0.717) is 13.0 Å². The molecule has 0 spiro atoms. The fourth-order valence-electron chi connectivity index (χ4n) is 3.21. The van der Waals surface area contributed by atoms with Crippen LogP contribution in [0.2, 0.25) is 0 Å². The van der Waals surface area contributed by atoms with Crippen LogP contribution in [-0.4, -0.2) is 35.2 Å². The first kappa shape index (κ1) is 28.3. The number of unbranched alkanes of at least 4 members (excludes halogenated alkanes) is 10. The number of carboxylic acids is 1. The van der Waals surface area contributed by atoms with E-state index < -0.39 is 5.97 Å². The quantitative estimate of drug-likeness (QED) is 0.145. The molecule has 4 nitrogen and oxygen atoms in total. The summed E-state index contributed by atoms with van der Waals surface area (Å²) in [6.07, 6.45) is 17.4. The van der Waals surface area contributed by atoms with Gasteiger partial charge in [0, 0.05) is 12.8 Å². The van der Waals surface area contributed by atoms with Crippen molar-refractivity contribution in [3.63, 3.8) is 0 Å². The monoisotopic (exact) mass is 430 g/mol. The summed E-state index contributed by atoms with van der Waals surface area (Å²) in [5.74, 6) is 2.12. The molecule has 0 aromatic heterocycles. The third-order valence-corrected chi connectivity index (χ3v) is 6.19. The molecule has 5 heteroatoms. The Hall–Kier alpha value is -0.710. The maximum atomic E-state index is 11.7. The van der Waals surface area contributed by atoms with Crippen LogP contribution in [0.3, 0.4) is 0 Å². The lowest BCUT2D eigenvalue weighted by Crippen LogP contribution is -2.05. The van der Waals surface area contributed by atoms with Crippen molar-refractivity contribution >= 4 is 23.7 Å². The fraction of sp³-hybridized carbons (Fsp3) is 0.917. The molecule has 0 fully saturated rings. The van der Waals surface area contributed by atoms with Gasteiger partial charge in [0.2, 0.25) is 0 Å². The average molecular weight is 431 g/mol. The largest absolute Gasteiger partial charge is 0.481 e. The highest BCUT2D eigenvalue weighted by molar-refractivity contribution is 7.99. The predicted molar refractivity (Wildman–Crippen MR) is 125 cm³/mol. The Bertz CT molecular complexity index is 385. The Balaban J connectivity index is 3.18. The van der Waals surface area contributed by atoms with Gasteiger partial charge < -0.3 is 9.84 Å². The Morgan fingerprint density at radius 2 is 1.24 bits per heavy atom. The second-order valence-electron chi connectivity index (χ2n) is 8.51. The molecule has 0 aliphatic rings. The molecule has 0 atom stereocenters. The number of rotatable bonds is 22. The maximum Gasteiger partial charge on any atom is 0.305 e. The molecule has 0 saturated carbocycles. The third-order valence-electron chi connectivity index (χ3n) is 5.04. The smallest absolute Gasteiger partial charge is 0.305 e. The number of carbonyl (C=O) groups excluding carboxylic acids is 1. The summed E-state index contributed by atoms with van der Waals surface area (Å²) in [5.41, 5.74) is 0. The van der Waals surface area contributed by atoms with Crippen LogP contribution in [0, 0.1) is 5.92 Å². The van der Waals surface area contributed by atoms with Crippen LogP contribution in [-0.2, 0) is 14.3 Å². The first-order valence-electron chi connectivity index (χ1n) is 12.0. The van der Waals surface area contributed by atoms with Crippen molar-refractivity contribution in [2.24, 2.45) is 5.92 Å². The third kappa shape index (κ3) is 25.3. The second-order valence-corrected chi connectivity index (χ2v) is 9.73. The van der Waals surface area contributed by atoms with Gasteiger partial charge in [0.25, 0.3) is 0 Å². The van der Waals surface area contributed by atoms with Gasteiger partial charge in [-0.25, -0.2) is 0 Å². The van der Waals surface area contributed by atoms with E-state index in [1.807, 2.05) is 11.8 Å². The molecular formula is C24H46O4S. The van der Waals surface area contributed by atoms with Crippen LogP contribution in [0.5, 0.6) is 0 Å². The summed E-state index contributed by atoms with van der Waals surface area (Å²) < 4.78 is 5.31. The summed E-state index contributed by atoms with van der Waals surface area (Å²) in [6, 6.07) is 0. The lowest BCUT2D eigenvalue weighted by molar-refractivity contribution is -0.144. The summed E-state index contributed by atoms with van der Waals surface area (Å²) >= 11 is 1.85. The van der Waals surface area contributed by atoms with E-state index in [0.717, 1.165) is 49.5 Å². The van der Waals surface area contributed by atoms with Gasteiger partial charge in [0.15, 0.2) is 0 Å². The molecule has 0 unspecified atom stereocenters. The molecule has 0 rings (SSSR count). The zero-order valence-corrected chi connectivity index (χ0v) is 19.9. The van der Waals surface area contributed by atoms with Gasteiger partial charge in [0.1, 0.15) is 0 Å². The van der Waals surface area contributed by atoms with E-state index in [4.69, 9.17) is 9.84 Å². The van der Waals surface area contributed by atoms with E-state index in [9.17, 15) is 9.59 Å². The van der Waals surface area contributed by atoms with Crippen molar-refractivity contribution in [2.75, 3.05) is 18.1 Å². The topological polar surface area (TPSA) is 63.6 Å². The molecular weight excluding hydrogens is 384 g/mol. The zero-order chi connectivity index (χ0) is 21.6. The predicted octanol–water partition coefficient (Wildman–Crippen LogP) is 7.25. The van der Waals surface area contributed by atoms with Crippen LogP contribution in [0.1, 0.15) is 117 Å². The minimum absolute atomic E-state index is 0.0575. The first-order chi connectivity index (χ1) is 14.0. The highest BCUT2D eigenvalue weighted by Gasteiger charge is 2.03. The van der Waals surface area contributed by atoms with Gasteiger partial charge in [-0.3, -0.25) is 9.59 Å². The SMILES string of the molecule is CC(C)CCCCCCCCCCCOC(=O)CCCCSCCCCC(=O)O. The van der Waals surface area contributed by atoms with Crippen molar-refractivity contribution < 1.29 is 19.4 Å². The van der Waals surface area contributed by atoms with Crippen LogP contribution in [0.4, 0.5) is 0 Å². The van der Waals surface area contributed by atoms with Gasteiger partial charge in [-0.05, 0) is 49.5 Å². The lowest BCUT2D eigenvalue weighted by Gasteiger charge is -2.06. The molecule has 0 aliphatic carbocycles. The Morgan fingerprint density at radius 1 is 0.724 bits per heavy atom. The van der Waals surface area contributed by atoms with Crippen molar-refractivity contribution in [3.8, 4) is 0 Å².